The minimum atomic E-state index is -4.07. The van der Waals surface area contributed by atoms with Gasteiger partial charge in [-0.1, -0.05) is 33.6 Å². The standard InChI is InChI=1S/C13H27F3N2/c1-4-18(11-13(14,15)16)10-8-6-5-7-9-17-12(2)3/h12,17H,4-11H2,1-3H3. The van der Waals surface area contributed by atoms with E-state index in [4.69, 9.17) is 0 Å². The van der Waals surface area contributed by atoms with Crippen molar-refractivity contribution in [3.63, 3.8) is 0 Å². The van der Waals surface area contributed by atoms with Crippen LogP contribution in [-0.4, -0.2) is 43.3 Å². The Morgan fingerprint density at radius 2 is 1.67 bits per heavy atom. The first-order valence-electron chi connectivity index (χ1n) is 6.87. The minimum absolute atomic E-state index is 0.467. The molecule has 18 heavy (non-hydrogen) atoms. The van der Waals surface area contributed by atoms with Crippen LogP contribution in [0.4, 0.5) is 13.2 Å². The first-order valence-corrected chi connectivity index (χ1v) is 6.87. The third kappa shape index (κ3) is 12.2. The average molecular weight is 268 g/mol. The van der Waals surface area contributed by atoms with Gasteiger partial charge in [0.05, 0.1) is 6.54 Å². The SMILES string of the molecule is CCN(CCCCCCNC(C)C)CC(F)(F)F. The molecule has 0 heterocycles. The molecule has 0 aromatic rings. The summed E-state index contributed by atoms with van der Waals surface area (Å²) in [7, 11) is 0. The third-order valence-corrected chi connectivity index (χ3v) is 2.80. The molecule has 0 aromatic carbocycles. The van der Waals surface area contributed by atoms with Crippen LogP contribution >= 0.6 is 0 Å². The summed E-state index contributed by atoms with van der Waals surface area (Å²) in [5.74, 6) is 0. The molecule has 1 N–H and O–H groups in total. The molecule has 5 heteroatoms. The van der Waals surface area contributed by atoms with Crippen LogP contribution in [0.1, 0.15) is 46.5 Å². The Balaban J connectivity index is 3.46. The number of hydrogen-bond donors (Lipinski definition) is 1. The molecule has 0 aliphatic carbocycles. The van der Waals surface area contributed by atoms with Crippen LogP contribution in [0.25, 0.3) is 0 Å². The molecule has 0 bridgehead atoms. The highest BCUT2D eigenvalue weighted by molar-refractivity contribution is 4.62. The molecule has 0 rings (SSSR count). The van der Waals surface area contributed by atoms with Gasteiger partial charge in [-0.05, 0) is 32.5 Å². The highest BCUT2D eigenvalue weighted by Gasteiger charge is 2.29. The second kappa shape index (κ2) is 9.62. The molecule has 2 nitrogen and oxygen atoms in total. The number of hydrogen-bond acceptors (Lipinski definition) is 2. The molecular weight excluding hydrogens is 241 g/mol. The van der Waals surface area contributed by atoms with Gasteiger partial charge in [-0.2, -0.15) is 13.2 Å². The van der Waals surface area contributed by atoms with E-state index in [0.717, 1.165) is 32.2 Å². The molecule has 0 fully saturated rings. The van der Waals surface area contributed by atoms with E-state index in [2.05, 4.69) is 19.2 Å². The fraction of sp³-hybridized carbons (Fsp3) is 1.00. The largest absolute Gasteiger partial charge is 0.401 e. The number of rotatable bonds is 10. The lowest BCUT2D eigenvalue weighted by Crippen LogP contribution is -2.34. The molecule has 0 aliphatic rings. The van der Waals surface area contributed by atoms with Crippen molar-refractivity contribution in [3.8, 4) is 0 Å². The van der Waals surface area contributed by atoms with Gasteiger partial charge in [-0.15, -0.1) is 0 Å². The van der Waals surface area contributed by atoms with E-state index in [1.165, 1.54) is 4.90 Å². The molecule has 110 valence electrons. The summed E-state index contributed by atoms with van der Waals surface area (Å²) in [5.41, 5.74) is 0. The number of unbranched alkanes of at least 4 members (excludes halogenated alkanes) is 3. The van der Waals surface area contributed by atoms with E-state index in [0.29, 0.717) is 19.1 Å². The summed E-state index contributed by atoms with van der Waals surface area (Å²) in [6, 6.07) is 0.507. The van der Waals surface area contributed by atoms with E-state index in [1.54, 1.807) is 6.92 Å². The molecule has 0 amide bonds. The molecule has 0 atom stereocenters. The Kier molecular flexibility index (Phi) is 9.46. The van der Waals surface area contributed by atoms with Gasteiger partial charge in [0.2, 0.25) is 0 Å². The maximum Gasteiger partial charge on any atom is 0.401 e. The van der Waals surface area contributed by atoms with E-state index in [9.17, 15) is 13.2 Å². The van der Waals surface area contributed by atoms with Crippen LogP contribution in [0.5, 0.6) is 0 Å². The van der Waals surface area contributed by atoms with Crippen molar-refractivity contribution in [1.29, 1.82) is 0 Å². The summed E-state index contributed by atoms with van der Waals surface area (Å²) in [5, 5.41) is 3.33. The van der Waals surface area contributed by atoms with E-state index in [1.807, 2.05) is 0 Å². The Morgan fingerprint density at radius 3 is 2.17 bits per heavy atom. The predicted molar refractivity (Wildman–Crippen MR) is 69.8 cm³/mol. The Bertz CT molecular complexity index is 193. The van der Waals surface area contributed by atoms with Gasteiger partial charge >= 0.3 is 6.18 Å². The zero-order chi connectivity index (χ0) is 14.0. The maximum atomic E-state index is 12.2. The van der Waals surface area contributed by atoms with Crippen LogP contribution in [-0.2, 0) is 0 Å². The van der Waals surface area contributed by atoms with Gasteiger partial charge in [-0.3, -0.25) is 4.90 Å². The van der Waals surface area contributed by atoms with Crippen molar-refractivity contribution in [2.75, 3.05) is 26.2 Å². The van der Waals surface area contributed by atoms with Crippen LogP contribution in [0, 0.1) is 0 Å². The highest BCUT2D eigenvalue weighted by Crippen LogP contribution is 2.16. The fourth-order valence-electron chi connectivity index (χ4n) is 1.81. The van der Waals surface area contributed by atoms with Gasteiger partial charge in [0.1, 0.15) is 0 Å². The third-order valence-electron chi connectivity index (χ3n) is 2.80. The first-order chi connectivity index (χ1) is 8.35. The molecular formula is C13H27F3N2. The highest BCUT2D eigenvalue weighted by atomic mass is 19.4. The average Bonchev–Trinajstić information content (AvgIpc) is 2.24. The quantitative estimate of drug-likeness (QED) is 0.611. The van der Waals surface area contributed by atoms with Gasteiger partial charge in [0.25, 0.3) is 0 Å². The Hall–Kier alpha value is -0.290. The van der Waals surface area contributed by atoms with Gasteiger partial charge < -0.3 is 5.32 Å². The molecule has 0 spiro atoms. The normalized spacial score (nSPS) is 12.7. The summed E-state index contributed by atoms with van der Waals surface area (Å²) < 4.78 is 36.6. The fourth-order valence-corrected chi connectivity index (χ4v) is 1.81. The van der Waals surface area contributed by atoms with Gasteiger partial charge in [-0.25, -0.2) is 0 Å². The molecule has 0 unspecified atom stereocenters. The van der Waals surface area contributed by atoms with Crippen LogP contribution in [0.2, 0.25) is 0 Å². The van der Waals surface area contributed by atoms with Crippen molar-refractivity contribution in [3.05, 3.63) is 0 Å². The minimum Gasteiger partial charge on any atom is -0.315 e. The summed E-state index contributed by atoms with van der Waals surface area (Å²) >= 11 is 0. The molecule has 0 saturated carbocycles. The molecule has 0 saturated heterocycles. The van der Waals surface area contributed by atoms with Crippen LogP contribution < -0.4 is 5.32 Å². The molecule has 0 aliphatic heterocycles. The Morgan fingerprint density at radius 1 is 1.06 bits per heavy atom. The van der Waals surface area contributed by atoms with Crippen molar-refractivity contribution >= 4 is 0 Å². The topological polar surface area (TPSA) is 15.3 Å². The lowest BCUT2D eigenvalue weighted by molar-refractivity contribution is -0.145. The van der Waals surface area contributed by atoms with Crippen LogP contribution in [0.3, 0.4) is 0 Å². The van der Waals surface area contributed by atoms with Crippen LogP contribution in [0.15, 0.2) is 0 Å². The van der Waals surface area contributed by atoms with Crippen molar-refractivity contribution < 1.29 is 13.2 Å². The number of halogens is 3. The molecule has 0 aromatic heterocycles. The van der Waals surface area contributed by atoms with Crippen molar-refractivity contribution in [2.45, 2.75) is 58.7 Å². The molecule has 0 radical (unpaired) electrons. The monoisotopic (exact) mass is 268 g/mol. The lowest BCUT2D eigenvalue weighted by atomic mass is 10.2. The summed E-state index contributed by atoms with van der Waals surface area (Å²) in [6.07, 6.45) is -0.0240. The van der Waals surface area contributed by atoms with E-state index < -0.39 is 12.7 Å². The number of alkyl halides is 3. The number of nitrogens with zero attached hydrogens (tertiary/aromatic N) is 1. The predicted octanol–water partition coefficient (Wildman–Crippen LogP) is 3.43. The maximum absolute atomic E-state index is 12.2. The van der Waals surface area contributed by atoms with Gasteiger partial charge in [0, 0.05) is 6.04 Å². The smallest absolute Gasteiger partial charge is 0.315 e. The number of nitrogens with one attached hydrogen (secondary N) is 1. The summed E-state index contributed by atoms with van der Waals surface area (Å²) in [4.78, 5) is 1.46. The zero-order valence-corrected chi connectivity index (χ0v) is 11.8. The summed E-state index contributed by atoms with van der Waals surface area (Å²) in [6.45, 7) is 7.23. The second-order valence-corrected chi connectivity index (χ2v) is 5.01. The first kappa shape index (κ1) is 17.7. The van der Waals surface area contributed by atoms with Crippen molar-refractivity contribution in [1.82, 2.24) is 10.2 Å². The van der Waals surface area contributed by atoms with E-state index in [-0.39, 0.29) is 0 Å². The van der Waals surface area contributed by atoms with Crippen molar-refractivity contribution in [2.24, 2.45) is 0 Å². The van der Waals surface area contributed by atoms with Gasteiger partial charge in [0.15, 0.2) is 0 Å². The lowest BCUT2D eigenvalue weighted by Gasteiger charge is -2.21. The zero-order valence-electron chi connectivity index (χ0n) is 11.8. The Labute approximate surface area is 109 Å². The van der Waals surface area contributed by atoms with E-state index >= 15 is 0 Å². The second-order valence-electron chi connectivity index (χ2n) is 5.01.